The van der Waals surface area contributed by atoms with Crippen molar-refractivity contribution >= 4 is 11.9 Å². The maximum atomic E-state index is 13.3. The van der Waals surface area contributed by atoms with Crippen LogP contribution in [0, 0.1) is 11.6 Å². The summed E-state index contributed by atoms with van der Waals surface area (Å²) in [5.41, 5.74) is 0.408. The fourth-order valence-corrected chi connectivity index (χ4v) is 2.08. The molecule has 0 aliphatic carbocycles. The first kappa shape index (κ1) is 20.0. The molecule has 0 fully saturated rings. The molecule has 7 heteroatoms. The first-order valence-corrected chi connectivity index (χ1v) is 7.84. The Morgan fingerprint density at radius 3 is 2.50 bits per heavy atom. The predicted molar refractivity (Wildman–Crippen MR) is 84.3 cm³/mol. The van der Waals surface area contributed by atoms with Crippen molar-refractivity contribution in [1.29, 1.82) is 0 Å². The van der Waals surface area contributed by atoms with Crippen molar-refractivity contribution in [3.05, 3.63) is 35.4 Å². The van der Waals surface area contributed by atoms with Crippen LogP contribution in [0.4, 0.5) is 8.78 Å². The molecule has 134 valence electrons. The molecule has 1 amide bonds. The minimum atomic E-state index is -1.03. The van der Waals surface area contributed by atoms with Gasteiger partial charge in [-0.1, -0.05) is 6.07 Å². The number of rotatable bonds is 10. The summed E-state index contributed by atoms with van der Waals surface area (Å²) in [5, 5.41) is 8.80. The lowest BCUT2D eigenvalue weighted by Crippen LogP contribution is -2.32. The Labute approximate surface area is 140 Å². The summed E-state index contributed by atoms with van der Waals surface area (Å²) in [6.07, 6.45) is 0.581. The molecule has 1 aromatic rings. The normalized spacial score (nSPS) is 10.9. The highest BCUT2D eigenvalue weighted by Crippen LogP contribution is 2.13. The molecule has 0 saturated heterocycles. The van der Waals surface area contributed by atoms with Gasteiger partial charge in [0.05, 0.1) is 12.5 Å². The number of aliphatic carboxylic acids is 1. The lowest BCUT2D eigenvalue weighted by molar-refractivity contribution is -0.138. The Morgan fingerprint density at radius 1 is 1.21 bits per heavy atom. The average molecular weight is 343 g/mol. The van der Waals surface area contributed by atoms with Gasteiger partial charge in [0.1, 0.15) is 0 Å². The van der Waals surface area contributed by atoms with E-state index >= 15 is 0 Å². The molecule has 24 heavy (non-hydrogen) atoms. The maximum absolute atomic E-state index is 13.3. The van der Waals surface area contributed by atoms with Gasteiger partial charge in [0, 0.05) is 26.1 Å². The lowest BCUT2D eigenvalue weighted by Gasteiger charge is -2.22. The second-order valence-electron chi connectivity index (χ2n) is 5.73. The number of halogens is 2. The van der Waals surface area contributed by atoms with E-state index in [0.717, 1.165) is 12.1 Å². The van der Waals surface area contributed by atoms with Crippen molar-refractivity contribution < 1.29 is 28.2 Å². The summed E-state index contributed by atoms with van der Waals surface area (Å²) in [6, 6.07) is 3.38. The van der Waals surface area contributed by atoms with E-state index in [1.165, 1.54) is 11.0 Å². The van der Waals surface area contributed by atoms with Crippen molar-refractivity contribution in [3.63, 3.8) is 0 Å². The fraction of sp³-hybridized carbons (Fsp3) is 0.529. The van der Waals surface area contributed by atoms with Gasteiger partial charge in [-0.2, -0.15) is 0 Å². The first-order chi connectivity index (χ1) is 11.3. The molecular formula is C17H23F2NO4. The minimum absolute atomic E-state index is 0.0121. The number of hydrogen-bond acceptors (Lipinski definition) is 3. The summed E-state index contributed by atoms with van der Waals surface area (Å²) in [4.78, 5) is 24.4. The Morgan fingerprint density at radius 2 is 1.92 bits per heavy atom. The standard InChI is InChI=1S/C17H23F2NO4/c1-12(2)24-9-3-4-16(21)20(8-7-17(22)23)11-13-5-6-14(18)15(19)10-13/h5-6,10,12H,3-4,7-9,11H2,1-2H3,(H,22,23). The molecule has 5 nitrogen and oxygen atoms in total. The second-order valence-corrected chi connectivity index (χ2v) is 5.73. The minimum Gasteiger partial charge on any atom is -0.481 e. The zero-order chi connectivity index (χ0) is 18.1. The van der Waals surface area contributed by atoms with Gasteiger partial charge in [0.2, 0.25) is 5.91 Å². The number of hydrogen-bond donors (Lipinski definition) is 1. The Hall–Kier alpha value is -2.02. The van der Waals surface area contributed by atoms with Gasteiger partial charge >= 0.3 is 5.97 Å². The van der Waals surface area contributed by atoms with Crippen molar-refractivity contribution in [2.45, 2.75) is 45.8 Å². The Bertz CT molecular complexity index is 564. The second kappa shape index (κ2) is 9.97. The van der Waals surface area contributed by atoms with E-state index in [2.05, 4.69) is 0 Å². The van der Waals surface area contributed by atoms with Crippen LogP contribution in [0.25, 0.3) is 0 Å². The quantitative estimate of drug-likeness (QED) is 0.663. The van der Waals surface area contributed by atoms with Gasteiger partial charge < -0.3 is 14.7 Å². The number of ether oxygens (including phenoxy) is 1. The highest BCUT2D eigenvalue weighted by molar-refractivity contribution is 5.77. The molecule has 1 rings (SSSR count). The average Bonchev–Trinajstić information content (AvgIpc) is 2.50. The molecule has 0 unspecified atom stereocenters. The zero-order valence-corrected chi connectivity index (χ0v) is 13.9. The third kappa shape index (κ3) is 7.50. The third-order valence-corrected chi connectivity index (χ3v) is 3.29. The molecular weight excluding hydrogens is 320 g/mol. The highest BCUT2D eigenvalue weighted by Gasteiger charge is 2.16. The van der Waals surface area contributed by atoms with Gasteiger partial charge in [-0.05, 0) is 38.0 Å². The molecule has 0 saturated carbocycles. The lowest BCUT2D eigenvalue weighted by atomic mass is 10.1. The van der Waals surface area contributed by atoms with Gasteiger partial charge in [-0.25, -0.2) is 8.78 Å². The first-order valence-electron chi connectivity index (χ1n) is 7.84. The fourth-order valence-electron chi connectivity index (χ4n) is 2.08. The molecule has 0 spiro atoms. The molecule has 1 N–H and O–H groups in total. The van der Waals surface area contributed by atoms with Gasteiger partial charge in [-0.3, -0.25) is 9.59 Å². The molecule has 1 aromatic carbocycles. The zero-order valence-electron chi connectivity index (χ0n) is 13.9. The number of amides is 1. The number of carboxylic acids is 1. The van der Waals surface area contributed by atoms with E-state index in [-0.39, 0.29) is 37.9 Å². The number of carbonyl (C=O) groups is 2. The molecule has 0 radical (unpaired) electrons. The van der Waals surface area contributed by atoms with Crippen LogP contribution in [0.3, 0.4) is 0 Å². The van der Waals surface area contributed by atoms with Crippen LogP contribution >= 0.6 is 0 Å². The molecule has 0 heterocycles. The van der Waals surface area contributed by atoms with Crippen LogP contribution < -0.4 is 0 Å². The van der Waals surface area contributed by atoms with Crippen molar-refractivity contribution in [1.82, 2.24) is 4.90 Å². The van der Waals surface area contributed by atoms with E-state index in [4.69, 9.17) is 9.84 Å². The molecule has 0 aliphatic heterocycles. The van der Waals surface area contributed by atoms with Gasteiger partial charge in [0.25, 0.3) is 0 Å². The van der Waals surface area contributed by atoms with Crippen LogP contribution in [0.2, 0.25) is 0 Å². The van der Waals surface area contributed by atoms with Crippen LogP contribution in [-0.2, 0) is 20.9 Å². The van der Waals surface area contributed by atoms with Gasteiger partial charge in [0.15, 0.2) is 11.6 Å². The van der Waals surface area contributed by atoms with E-state index in [1.807, 2.05) is 13.8 Å². The smallest absolute Gasteiger partial charge is 0.305 e. The summed E-state index contributed by atoms with van der Waals surface area (Å²) in [5.74, 6) is -3.23. The van der Waals surface area contributed by atoms with Crippen LogP contribution in [0.15, 0.2) is 18.2 Å². The molecule has 0 bridgehead atoms. The third-order valence-electron chi connectivity index (χ3n) is 3.29. The van der Waals surface area contributed by atoms with Gasteiger partial charge in [-0.15, -0.1) is 0 Å². The number of carboxylic acid groups (broad SMARTS) is 1. The van der Waals surface area contributed by atoms with Crippen molar-refractivity contribution in [2.75, 3.05) is 13.2 Å². The molecule has 0 atom stereocenters. The highest BCUT2D eigenvalue weighted by atomic mass is 19.2. The SMILES string of the molecule is CC(C)OCCCC(=O)N(CCC(=O)O)Cc1ccc(F)c(F)c1. The Kier molecular flexibility index (Phi) is 8.32. The monoisotopic (exact) mass is 343 g/mol. The topological polar surface area (TPSA) is 66.8 Å². The number of benzene rings is 1. The maximum Gasteiger partial charge on any atom is 0.305 e. The van der Waals surface area contributed by atoms with Crippen LogP contribution in [-0.4, -0.2) is 41.1 Å². The predicted octanol–water partition coefficient (Wildman–Crippen LogP) is 2.97. The Balaban J connectivity index is 2.66. The van der Waals surface area contributed by atoms with Crippen LogP contribution in [0.5, 0.6) is 0 Å². The van der Waals surface area contributed by atoms with Crippen molar-refractivity contribution in [3.8, 4) is 0 Å². The van der Waals surface area contributed by atoms with E-state index in [0.29, 0.717) is 18.6 Å². The largest absolute Gasteiger partial charge is 0.481 e. The van der Waals surface area contributed by atoms with Crippen LogP contribution in [0.1, 0.15) is 38.7 Å². The van der Waals surface area contributed by atoms with E-state index in [9.17, 15) is 18.4 Å². The summed E-state index contributed by atoms with van der Waals surface area (Å²) >= 11 is 0. The summed E-state index contributed by atoms with van der Waals surface area (Å²) < 4.78 is 31.6. The summed E-state index contributed by atoms with van der Waals surface area (Å²) in [7, 11) is 0. The van der Waals surface area contributed by atoms with Crippen molar-refractivity contribution in [2.24, 2.45) is 0 Å². The van der Waals surface area contributed by atoms with E-state index in [1.54, 1.807) is 0 Å². The number of nitrogens with zero attached hydrogens (tertiary/aromatic N) is 1. The van der Waals surface area contributed by atoms with E-state index < -0.39 is 17.6 Å². The summed E-state index contributed by atoms with van der Waals surface area (Å²) in [6.45, 7) is 4.27. The molecule has 0 aromatic heterocycles. The number of carbonyl (C=O) groups excluding carboxylic acids is 1. The molecule has 0 aliphatic rings.